The average molecular weight is 433 g/mol. The van der Waals surface area contributed by atoms with Crippen LogP contribution in [0, 0.1) is 10.1 Å². The number of rotatable bonds is 6. The van der Waals surface area contributed by atoms with E-state index in [1.807, 2.05) is 5.32 Å². The SMILES string of the molecule is COc1ccc([N+](=O)[O-])cc1C(=O)OCC(=O)Nc1ccc(Cl)cc1C(F)(F)F. The molecule has 1 amide bonds. The number of nitrogens with zero attached hydrogens (tertiary/aromatic N) is 1. The van der Waals surface area contributed by atoms with E-state index in [4.69, 9.17) is 21.1 Å². The van der Waals surface area contributed by atoms with Crippen molar-refractivity contribution in [1.82, 2.24) is 0 Å². The lowest BCUT2D eigenvalue weighted by molar-refractivity contribution is -0.384. The van der Waals surface area contributed by atoms with Gasteiger partial charge in [-0.2, -0.15) is 13.2 Å². The lowest BCUT2D eigenvalue weighted by Crippen LogP contribution is -2.23. The standard InChI is InChI=1S/C17H12ClF3N2O6/c1-28-14-5-3-10(23(26)27)7-11(14)16(25)29-8-15(24)22-13-4-2-9(18)6-12(13)17(19,20)21/h2-7H,8H2,1H3,(H,22,24). The van der Waals surface area contributed by atoms with Crippen LogP contribution in [0.2, 0.25) is 5.02 Å². The Labute approximate surface area is 166 Å². The number of amides is 1. The van der Waals surface area contributed by atoms with Crippen molar-refractivity contribution in [1.29, 1.82) is 0 Å². The minimum Gasteiger partial charge on any atom is -0.496 e. The number of nitro groups is 1. The van der Waals surface area contributed by atoms with Crippen LogP contribution in [0.25, 0.3) is 0 Å². The fraction of sp³-hybridized carbons (Fsp3) is 0.176. The fourth-order valence-corrected chi connectivity index (χ4v) is 2.40. The summed E-state index contributed by atoms with van der Waals surface area (Å²) in [5.41, 5.74) is -2.49. The number of esters is 1. The molecule has 0 bridgehead atoms. The summed E-state index contributed by atoms with van der Waals surface area (Å²) >= 11 is 5.55. The number of hydrogen-bond acceptors (Lipinski definition) is 6. The van der Waals surface area contributed by atoms with Crippen LogP contribution in [0.3, 0.4) is 0 Å². The molecule has 0 unspecified atom stereocenters. The van der Waals surface area contributed by atoms with E-state index in [1.54, 1.807) is 0 Å². The molecule has 0 aliphatic carbocycles. The number of alkyl halides is 3. The quantitative estimate of drug-likeness (QED) is 0.419. The van der Waals surface area contributed by atoms with Crippen LogP contribution in [0.15, 0.2) is 36.4 Å². The molecule has 0 radical (unpaired) electrons. The first kappa shape index (κ1) is 22.0. The molecule has 0 aliphatic heterocycles. The maximum Gasteiger partial charge on any atom is 0.418 e. The van der Waals surface area contributed by atoms with Gasteiger partial charge in [-0.1, -0.05) is 11.6 Å². The number of methoxy groups -OCH3 is 1. The smallest absolute Gasteiger partial charge is 0.418 e. The maximum atomic E-state index is 13.0. The van der Waals surface area contributed by atoms with Gasteiger partial charge in [0.05, 0.1) is 23.3 Å². The topological polar surface area (TPSA) is 108 Å². The second kappa shape index (κ2) is 8.78. The van der Waals surface area contributed by atoms with E-state index < -0.39 is 46.5 Å². The molecular weight excluding hydrogens is 421 g/mol. The largest absolute Gasteiger partial charge is 0.496 e. The summed E-state index contributed by atoms with van der Waals surface area (Å²) < 4.78 is 48.7. The Hall–Kier alpha value is -3.34. The summed E-state index contributed by atoms with van der Waals surface area (Å²) in [5, 5.41) is 12.6. The summed E-state index contributed by atoms with van der Waals surface area (Å²) in [5.74, 6) is -2.23. The van der Waals surface area contributed by atoms with Crippen molar-refractivity contribution < 1.29 is 37.2 Å². The number of ether oxygens (including phenoxy) is 2. The zero-order chi connectivity index (χ0) is 21.8. The van der Waals surface area contributed by atoms with Gasteiger partial charge in [0.1, 0.15) is 11.3 Å². The molecule has 0 fully saturated rings. The van der Waals surface area contributed by atoms with Gasteiger partial charge in [-0.25, -0.2) is 4.79 Å². The molecule has 1 N–H and O–H groups in total. The highest BCUT2D eigenvalue weighted by molar-refractivity contribution is 6.30. The van der Waals surface area contributed by atoms with E-state index in [1.165, 1.54) is 7.11 Å². The zero-order valence-corrected chi connectivity index (χ0v) is 15.3. The van der Waals surface area contributed by atoms with Gasteiger partial charge >= 0.3 is 12.1 Å². The molecule has 29 heavy (non-hydrogen) atoms. The molecule has 0 saturated carbocycles. The van der Waals surface area contributed by atoms with Gasteiger partial charge in [-0.3, -0.25) is 14.9 Å². The van der Waals surface area contributed by atoms with Gasteiger partial charge in [-0.05, 0) is 24.3 Å². The number of halogens is 4. The third-order valence-electron chi connectivity index (χ3n) is 3.51. The van der Waals surface area contributed by atoms with Crippen molar-refractivity contribution >= 4 is 34.9 Å². The Kier molecular flexibility index (Phi) is 6.64. The molecule has 2 aromatic carbocycles. The number of non-ortho nitro benzene ring substituents is 1. The molecule has 2 aromatic rings. The van der Waals surface area contributed by atoms with Gasteiger partial charge < -0.3 is 14.8 Å². The van der Waals surface area contributed by atoms with Gasteiger partial charge in [0.2, 0.25) is 0 Å². The Morgan fingerprint density at radius 2 is 1.90 bits per heavy atom. The fourth-order valence-electron chi connectivity index (χ4n) is 2.22. The monoisotopic (exact) mass is 432 g/mol. The lowest BCUT2D eigenvalue weighted by atomic mass is 10.1. The van der Waals surface area contributed by atoms with Crippen LogP contribution in [0.5, 0.6) is 5.75 Å². The highest BCUT2D eigenvalue weighted by atomic mass is 35.5. The predicted octanol–water partition coefficient (Wildman–Crippen LogP) is 4.07. The predicted molar refractivity (Wildman–Crippen MR) is 95.0 cm³/mol. The first-order valence-corrected chi connectivity index (χ1v) is 8.07. The Balaban J connectivity index is 2.12. The third-order valence-corrected chi connectivity index (χ3v) is 3.74. The summed E-state index contributed by atoms with van der Waals surface area (Å²) in [7, 11) is 1.21. The molecule has 0 spiro atoms. The van der Waals surface area contributed by atoms with Crippen LogP contribution in [-0.4, -0.2) is 30.5 Å². The van der Waals surface area contributed by atoms with E-state index in [2.05, 4.69) is 0 Å². The molecule has 0 aliphatic rings. The number of nitro benzene ring substituents is 1. The van der Waals surface area contributed by atoms with Crippen molar-refractivity contribution in [3.8, 4) is 5.75 Å². The third kappa shape index (κ3) is 5.57. The molecule has 0 heterocycles. The van der Waals surface area contributed by atoms with Gasteiger partial charge in [0.25, 0.3) is 11.6 Å². The number of carbonyl (C=O) groups is 2. The van der Waals surface area contributed by atoms with E-state index in [-0.39, 0.29) is 16.3 Å². The van der Waals surface area contributed by atoms with E-state index >= 15 is 0 Å². The van der Waals surface area contributed by atoms with Crippen molar-refractivity contribution in [2.45, 2.75) is 6.18 Å². The number of nitrogens with one attached hydrogen (secondary N) is 1. The molecule has 0 saturated heterocycles. The molecular formula is C17H12ClF3N2O6. The van der Waals surface area contributed by atoms with Crippen molar-refractivity contribution in [3.05, 3.63) is 62.7 Å². The summed E-state index contributed by atoms with van der Waals surface area (Å²) in [6.07, 6.45) is -4.78. The van der Waals surface area contributed by atoms with Crippen LogP contribution in [-0.2, 0) is 15.7 Å². The number of anilines is 1. The molecule has 154 valence electrons. The Morgan fingerprint density at radius 1 is 1.21 bits per heavy atom. The first-order valence-electron chi connectivity index (χ1n) is 7.69. The summed E-state index contributed by atoms with van der Waals surface area (Å²) in [4.78, 5) is 34.1. The van der Waals surface area contributed by atoms with Crippen LogP contribution < -0.4 is 10.1 Å². The minimum absolute atomic E-state index is 0.0435. The van der Waals surface area contributed by atoms with Gasteiger partial charge in [0, 0.05) is 17.2 Å². The highest BCUT2D eigenvalue weighted by Crippen LogP contribution is 2.36. The second-order valence-corrected chi connectivity index (χ2v) is 5.89. The average Bonchev–Trinajstić information content (AvgIpc) is 2.66. The molecule has 8 nitrogen and oxygen atoms in total. The van der Waals surface area contributed by atoms with E-state index in [0.717, 1.165) is 30.3 Å². The Bertz CT molecular complexity index is 965. The van der Waals surface area contributed by atoms with E-state index in [9.17, 15) is 32.9 Å². The van der Waals surface area contributed by atoms with Gasteiger partial charge in [-0.15, -0.1) is 0 Å². The minimum atomic E-state index is -4.78. The number of carbonyl (C=O) groups excluding carboxylic acids is 2. The normalized spacial score (nSPS) is 10.9. The Morgan fingerprint density at radius 3 is 2.48 bits per heavy atom. The van der Waals surface area contributed by atoms with Crippen LogP contribution in [0.4, 0.5) is 24.5 Å². The van der Waals surface area contributed by atoms with E-state index in [0.29, 0.717) is 6.07 Å². The molecule has 12 heteroatoms. The van der Waals surface area contributed by atoms with Crippen LogP contribution in [0.1, 0.15) is 15.9 Å². The lowest BCUT2D eigenvalue weighted by Gasteiger charge is -2.14. The molecule has 0 atom stereocenters. The highest BCUT2D eigenvalue weighted by Gasteiger charge is 2.34. The zero-order valence-electron chi connectivity index (χ0n) is 14.6. The number of benzene rings is 2. The molecule has 0 aromatic heterocycles. The number of hydrogen-bond donors (Lipinski definition) is 1. The first-order chi connectivity index (χ1) is 13.5. The van der Waals surface area contributed by atoms with Crippen molar-refractivity contribution in [2.75, 3.05) is 19.0 Å². The molecule has 2 rings (SSSR count). The van der Waals surface area contributed by atoms with Crippen molar-refractivity contribution in [3.63, 3.8) is 0 Å². The summed E-state index contributed by atoms with van der Waals surface area (Å²) in [6, 6.07) is 5.89. The van der Waals surface area contributed by atoms with Gasteiger partial charge in [0.15, 0.2) is 6.61 Å². The second-order valence-electron chi connectivity index (χ2n) is 5.45. The van der Waals surface area contributed by atoms with Crippen molar-refractivity contribution in [2.24, 2.45) is 0 Å². The summed E-state index contributed by atoms with van der Waals surface area (Å²) in [6.45, 7) is -0.940. The maximum absolute atomic E-state index is 13.0. The van der Waals surface area contributed by atoms with Crippen LogP contribution >= 0.6 is 11.6 Å².